The first-order chi connectivity index (χ1) is 18.0. The van der Waals surface area contributed by atoms with Gasteiger partial charge in [0.2, 0.25) is 11.9 Å². The van der Waals surface area contributed by atoms with E-state index in [1.807, 2.05) is 48.2 Å². The average molecular weight is 517 g/mol. The number of rotatable bonds is 6. The quantitative estimate of drug-likeness (QED) is 0.468. The second kappa shape index (κ2) is 11.5. The van der Waals surface area contributed by atoms with Gasteiger partial charge >= 0.3 is 0 Å². The largest absolute Gasteiger partial charge is 0.337 e. The molecule has 3 aromatic rings. The zero-order valence-corrected chi connectivity index (χ0v) is 23.5. The lowest BCUT2D eigenvalue weighted by atomic mass is 9.91. The predicted octanol–water partition coefficient (Wildman–Crippen LogP) is 4.96. The number of nitrogens with one attached hydrogen (secondary N) is 1. The van der Waals surface area contributed by atoms with Gasteiger partial charge in [0, 0.05) is 48.6 Å². The number of amides is 2. The Kier molecular flexibility index (Phi) is 8.31. The van der Waals surface area contributed by atoms with Crippen LogP contribution < -0.4 is 5.32 Å². The first-order valence-electron chi connectivity index (χ1n) is 13.4. The third kappa shape index (κ3) is 6.30. The first kappa shape index (κ1) is 27.5. The molecular formula is C30H40N6O2. The molecular weight excluding hydrogens is 476 g/mol. The Balaban J connectivity index is 1.68. The fourth-order valence-corrected chi connectivity index (χ4v) is 4.92. The summed E-state index contributed by atoms with van der Waals surface area (Å²) in [6.07, 6.45) is 8.11. The van der Waals surface area contributed by atoms with E-state index in [1.54, 1.807) is 18.3 Å². The fraction of sp³-hybridized carbons (Fsp3) is 0.467. The number of aryl methyl sites for hydroxylation is 1. The number of likely N-dealkylation sites (N-methyl/N-ethyl adjacent to an activating group) is 1. The maximum Gasteiger partial charge on any atom is 0.258 e. The monoisotopic (exact) mass is 516 g/mol. The van der Waals surface area contributed by atoms with Gasteiger partial charge in [-0.15, -0.1) is 0 Å². The normalized spacial score (nSPS) is 16.8. The van der Waals surface area contributed by atoms with Crippen molar-refractivity contribution in [1.29, 1.82) is 0 Å². The van der Waals surface area contributed by atoms with Crippen molar-refractivity contribution in [3.05, 3.63) is 65.5 Å². The Labute approximate surface area is 225 Å². The molecule has 0 radical (unpaired) electrons. The van der Waals surface area contributed by atoms with Gasteiger partial charge in [-0.25, -0.2) is 4.98 Å². The highest BCUT2D eigenvalue weighted by Crippen LogP contribution is 2.32. The summed E-state index contributed by atoms with van der Waals surface area (Å²) in [4.78, 5) is 39.8. The number of likely N-dealkylation sites (tertiary alicyclic amines) is 1. The summed E-state index contributed by atoms with van der Waals surface area (Å²) in [6.45, 7) is 10.3. The Morgan fingerprint density at radius 3 is 2.71 bits per heavy atom. The van der Waals surface area contributed by atoms with Crippen LogP contribution in [0.4, 0.5) is 5.95 Å². The molecule has 1 aliphatic rings. The molecule has 1 aromatic carbocycles. The standard InChI is InChI=1S/C30H40N6O2/c1-21-11-9-13-24-27(21)36(23-12-7-8-18-35(20-23)26(37)14-10-17-34(5)6)29(32-24)33-28(38)22-15-16-31-25(19-22)30(2,3)4/h9-11,13-16,19,23H,7-8,12,17-18,20H2,1-6H3,(H,32,33,38)/b14-10+. The number of nitrogens with zero attached hydrogens (tertiary/aromatic N) is 5. The lowest BCUT2D eigenvalue weighted by Crippen LogP contribution is -2.35. The average Bonchev–Trinajstić information content (AvgIpc) is 3.05. The van der Waals surface area contributed by atoms with Crippen LogP contribution in [0, 0.1) is 6.92 Å². The van der Waals surface area contributed by atoms with Crippen molar-refractivity contribution < 1.29 is 9.59 Å². The predicted molar refractivity (Wildman–Crippen MR) is 153 cm³/mol. The van der Waals surface area contributed by atoms with E-state index >= 15 is 0 Å². The molecule has 0 aliphatic carbocycles. The van der Waals surface area contributed by atoms with Gasteiger partial charge in [-0.05, 0) is 64.0 Å². The Morgan fingerprint density at radius 1 is 1.18 bits per heavy atom. The van der Waals surface area contributed by atoms with Gasteiger partial charge in [-0.1, -0.05) is 39.0 Å². The van der Waals surface area contributed by atoms with Gasteiger partial charge in [0.05, 0.1) is 17.1 Å². The molecule has 38 heavy (non-hydrogen) atoms. The molecule has 8 heteroatoms. The summed E-state index contributed by atoms with van der Waals surface area (Å²) in [7, 11) is 3.96. The zero-order chi connectivity index (χ0) is 27.4. The van der Waals surface area contributed by atoms with E-state index in [-0.39, 0.29) is 23.3 Å². The van der Waals surface area contributed by atoms with Crippen LogP contribution in [-0.2, 0) is 10.2 Å². The number of imidazole rings is 1. The smallest absolute Gasteiger partial charge is 0.258 e. The number of para-hydroxylation sites is 1. The number of carbonyl (C=O) groups is 2. The molecule has 4 rings (SSSR count). The summed E-state index contributed by atoms with van der Waals surface area (Å²) in [5.74, 6) is 0.313. The minimum absolute atomic E-state index is 0.00678. The second-order valence-electron chi connectivity index (χ2n) is 11.5. The zero-order valence-electron chi connectivity index (χ0n) is 23.5. The Morgan fingerprint density at radius 2 is 1.97 bits per heavy atom. The molecule has 3 heterocycles. The van der Waals surface area contributed by atoms with Gasteiger partial charge in [-0.2, -0.15) is 0 Å². The molecule has 0 bridgehead atoms. The molecule has 0 saturated carbocycles. The molecule has 8 nitrogen and oxygen atoms in total. The van der Waals surface area contributed by atoms with E-state index in [4.69, 9.17) is 4.98 Å². The summed E-state index contributed by atoms with van der Waals surface area (Å²) in [6, 6.07) is 9.59. The van der Waals surface area contributed by atoms with E-state index in [9.17, 15) is 9.59 Å². The molecule has 1 fully saturated rings. The highest BCUT2D eigenvalue weighted by Gasteiger charge is 2.27. The van der Waals surface area contributed by atoms with Gasteiger partial charge in [-0.3, -0.25) is 19.9 Å². The highest BCUT2D eigenvalue weighted by molar-refractivity contribution is 6.04. The number of hydrogen-bond donors (Lipinski definition) is 1. The maximum atomic E-state index is 13.4. The summed E-state index contributed by atoms with van der Waals surface area (Å²) < 4.78 is 2.14. The van der Waals surface area contributed by atoms with E-state index in [1.165, 1.54) is 0 Å². The molecule has 1 saturated heterocycles. The number of benzene rings is 1. The topological polar surface area (TPSA) is 83.4 Å². The van der Waals surface area contributed by atoms with Crippen LogP contribution in [-0.4, -0.2) is 69.9 Å². The number of fused-ring (bicyclic) bond motifs is 1. The lowest BCUT2D eigenvalue weighted by molar-refractivity contribution is -0.126. The van der Waals surface area contributed by atoms with Gasteiger partial charge in [0.15, 0.2) is 0 Å². The van der Waals surface area contributed by atoms with Crippen LogP contribution in [0.1, 0.15) is 67.7 Å². The van der Waals surface area contributed by atoms with Crippen molar-refractivity contribution in [2.45, 2.75) is 58.4 Å². The minimum atomic E-state index is -0.222. The van der Waals surface area contributed by atoms with Crippen LogP contribution in [0.3, 0.4) is 0 Å². The van der Waals surface area contributed by atoms with Crippen molar-refractivity contribution in [3.8, 4) is 0 Å². The van der Waals surface area contributed by atoms with E-state index < -0.39 is 0 Å². The number of aromatic nitrogens is 3. The summed E-state index contributed by atoms with van der Waals surface area (Å²) in [5, 5.41) is 3.09. The number of pyridine rings is 1. The van der Waals surface area contributed by atoms with E-state index in [2.05, 4.69) is 48.6 Å². The molecule has 2 aromatic heterocycles. The van der Waals surface area contributed by atoms with Gasteiger partial charge in [0.1, 0.15) is 0 Å². The van der Waals surface area contributed by atoms with Crippen molar-refractivity contribution >= 4 is 28.8 Å². The van der Waals surface area contributed by atoms with Crippen LogP contribution in [0.5, 0.6) is 0 Å². The lowest BCUT2D eigenvalue weighted by Gasteiger charge is -2.26. The molecule has 2 amide bonds. The molecule has 1 aliphatic heterocycles. The minimum Gasteiger partial charge on any atom is -0.337 e. The molecule has 0 spiro atoms. The molecule has 1 N–H and O–H groups in total. The van der Waals surface area contributed by atoms with Crippen molar-refractivity contribution in [2.75, 3.05) is 39.0 Å². The summed E-state index contributed by atoms with van der Waals surface area (Å²) >= 11 is 0. The van der Waals surface area contributed by atoms with Crippen LogP contribution >= 0.6 is 0 Å². The third-order valence-electron chi connectivity index (χ3n) is 6.98. The van der Waals surface area contributed by atoms with Crippen LogP contribution in [0.2, 0.25) is 0 Å². The van der Waals surface area contributed by atoms with Crippen LogP contribution in [0.25, 0.3) is 11.0 Å². The Hall–Kier alpha value is -3.52. The van der Waals surface area contributed by atoms with Crippen molar-refractivity contribution in [3.63, 3.8) is 0 Å². The molecule has 1 unspecified atom stereocenters. The van der Waals surface area contributed by atoms with E-state index in [0.717, 1.165) is 54.6 Å². The maximum absolute atomic E-state index is 13.4. The molecule has 202 valence electrons. The number of hydrogen-bond acceptors (Lipinski definition) is 5. The van der Waals surface area contributed by atoms with Crippen molar-refractivity contribution in [2.24, 2.45) is 0 Å². The summed E-state index contributed by atoms with van der Waals surface area (Å²) in [5.41, 5.74) is 4.15. The third-order valence-corrected chi connectivity index (χ3v) is 6.98. The van der Waals surface area contributed by atoms with Gasteiger partial charge in [0.25, 0.3) is 5.91 Å². The van der Waals surface area contributed by atoms with Crippen molar-refractivity contribution in [1.82, 2.24) is 24.3 Å². The Bertz CT molecular complexity index is 1330. The molecule has 1 atom stereocenters. The SMILES string of the molecule is Cc1cccc2nc(NC(=O)c3ccnc(C(C)(C)C)c3)n(C3CCCCN(C(=O)/C=C/CN(C)C)C3)c12. The van der Waals surface area contributed by atoms with Crippen LogP contribution in [0.15, 0.2) is 48.7 Å². The number of carbonyl (C=O) groups excluding carboxylic acids is 2. The second-order valence-corrected chi connectivity index (χ2v) is 11.5. The number of anilines is 1. The van der Waals surface area contributed by atoms with Gasteiger partial charge < -0.3 is 14.4 Å². The van der Waals surface area contributed by atoms with E-state index in [0.29, 0.717) is 18.1 Å². The fourth-order valence-electron chi connectivity index (χ4n) is 4.92. The highest BCUT2D eigenvalue weighted by atomic mass is 16.2. The first-order valence-corrected chi connectivity index (χ1v) is 13.4.